The van der Waals surface area contributed by atoms with Crippen LogP contribution in [0, 0.1) is 5.92 Å². The normalized spacial score (nSPS) is 11.6. The molecule has 2 aromatic carbocycles. The smallest absolute Gasteiger partial charge is 0.337 e. The van der Waals surface area contributed by atoms with Gasteiger partial charge in [0.25, 0.3) is 0 Å². The fraction of sp³-hybridized carbons (Fsp3) is 0.211. The molecule has 0 aliphatic carbocycles. The van der Waals surface area contributed by atoms with Gasteiger partial charge in [0.05, 0.1) is 16.5 Å². The molecule has 0 aliphatic heterocycles. The highest BCUT2D eigenvalue weighted by Crippen LogP contribution is 2.22. The molecular weight excluding hydrogens is 374 g/mol. The van der Waals surface area contributed by atoms with Gasteiger partial charge in [-0.2, -0.15) is 0 Å². The van der Waals surface area contributed by atoms with E-state index in [0.717, 1.165) is 17.3 Å². The van der Waals surface area contributed by atoms with Gasteiger partial charge in [0.2, 0.25) is 5.91 Å². The standard InChI is InChI=1S/C19H18ClNO4S/c1-12(22)26-11-14(9-13-5-3-2-4-6-13)18(23)21-15-7-8-17(20)16(10-15)19(24)25/h2-8,10,14H,9,11H2,1H3,(H,21,23)(H,24,25). The quantitative estimate of drug-likeness (QED) is 0.741. The summed E-state index contributed by atoms with van der Waals surface area (Å²) in [5.41, 5.74) is 1.25. The first-order chi connectivity index (χ1) is 12.4. The van der Waals surface area contributed by atoms with Gasteiger partial charge >= 0.3 is 5.97 Å². The molecule has 2 rings (SSSR count). The zero-order chi connectivity index (χ0) is 19.1. The predicted molar refractivity (Wildman–Crippen MR) is 104 cm³/mol. The molecule has 1 unspecified atom stereocenters. The van der Waals surface area contributed by atoms with E-state index >= 15 is 0 Å². The summed E-state index contributed by atoms with van der Waals surface area (Å²) in [6.45, 7) is 1.46. The van der Waals surface area contributed by atoms with Crippen LogP contribution in [-0.2, 0) is 16.0 Å². The zero-order valence-electron chi connectivity index (χ0n) is 14.1. The van der Waals surface area contributed by atoms with Crippen molar-refractivity contribution < 1.29 is 19.5 Å². The molecule has 0 spiro atoms. The number of amides is 1. The van der Waals surface area contributed by atoms with E-state index in [0.29, 0.717) is 17.9 Å². The third-order valence-corrected chi connectivity index (χ3v) is 4.95. The van der Waals surface area contributed by atoms with Crippen LogP contribution in [-0.4, -0.2) is 27.9 Å². The molecule has 0 aliphatic rings. The molecule has 26 heavy (non-hydrogen) atoms. The van der Waals surface area contributed by atoms with Crippen LogP contribution in [0.2, 0.25) is 5.02 Å². The summed E-state index contributed by atoms with van der Waals surface area (Å²) in [5.74, 6) is -1.54. The zero-order valence-corrected chi connectivity index (χ0v) is 15.6. The van der Waals surface area contributed by atoms with Crippen molar-refractivity contribution >= 4 is 46.0 Å². The fourth-order valence-corrected chi connectivity index (χ4v) is 3.26. The van der Waals surface area contributed by atoms with E-state index in [-0.39, 0.29) is 21.6 Å². The van der Waals surface area contributed by atoms with Gasteiger partial charge in [0.1, 0.15) is 0 Å². The molecule has 0 radical (unpaired) electrons. The van der Waals surface area contributed by atoms with Crippen LogP contribution >= 0.6 is 23.4 Å². The van der Waals surface area contributed by atoms with Crippen LogP contribution < -0.4 is 5.32 Å². The Morgan fingerprint density at radius 1 is 1.15 bits per heavy atom. The maximum absolute atomic E-state index is 12.7. The summed E-state index contributed by atoms with van der Waals surface area (Å²) >= 11 is 6.94. The van der Waals surface area contributed by atoms with Gasteiger partial charge < -0.3 is 10.4 Å². The lowest BCUT2D eigenvalue weighted by atomic mass is 10.00. The van der Waals surface area contributed by atoms with E-state index in [9.17, 15) is 14.4 Å². The molecule has 136 valence electrons. The molecule has 5 nitrogen and oxygen atoms in total. The van der Waals surface area contributed by atoms with Crippen molar-refractivity contribution in [2.24, 2.45) is 5.92 Å². The van der Waals surface area contributed by atoms with Crippen LogP contribution in [0.3, 0.4) is 0 Å². The largest absolute Gasteiger partial charge is 0.478 e. The first kappa shape index (κ1) is 20.0. The van der Waals surface area contributed by atoms with Crippen molar-refractivity contribution in [2.75, 3.05) is 11.1 Å². The Balaban J connectivity index is 2.16. The van der Waals surface area contributed by atoms with E-state index in [4.69, 9.17) is 16.7 Å². The number of rotatable bonds is 7. The second-order valence-corrected chi connectivity index (χ2v) is 7.28. The van der Waals surface area contributed by atoms with Gasteiger partial charge in [0, 0.05) is 18.4 Å². The van der Waals surface area contributed by atoms with Gasteiger partial charge in [0.15, 0.2) is 5.12 Å². The highest BCUT2D eigenvalue weighted by Gasteiger charge is 2.21. The van der Waals surface area contributed by atoms with Crippen LogP contribution in [0.5, 0.6) is 0 Å². The van der Waals surface area contributed by atoms with Crippen molar-refractivity contribution in [3.63, 3.8) is 0 Å². The SMILES string of the molecule is CC(=O)SCC(Cc1ccccc1)C(=O)Nc1ccc(Cl)c(C(=O)O)c1. The number of nitrogens with one attached hydrogen (secondary N) is 1. The Morgan fingerprint density at radius 2 is 1.85 bits per heavy atom. The minimum atomic E-state index is -1.17. The summed E-state index contributed by atoms with van der Waals surface area (Å²) in [5, 5.41) is 11.9. The number of hydrogen-bond donors (Lipinski definition) is 2. The van der Waals surface area contributed by atoms with Gasteiger partial charge in [-0.1, -0.05) is 53.7 Å². The first-order valence-corrected chi connectivity index (χ1v) is 9.24. The molecule has 1 atom stereocenters. The topological polar surface area (TPSA) is 83.5 Å². The molecule has 2 aromatic rings. The van der Waals surface area contributed by atoms with Crippen LogP contribution in [0.4, 0.5) is 5.69 Å². The molecular formula is C19H18ClNO4S. The number of thioether (sulfide) groups is 1. The Labute approximate surface area is 160 Å². The molecule has 0 bridgehead atoms. The van der Waals surface area contributed by atoms with Crippen molar-refractivity contribution in [3.8, 4) is 0 Å². The average molecular weight is 392 g/mol. The minimum absolute atomic E-state index is 0.0597. The summed E-state index contributed by atoms with van der Waals surface area (Å²) in [4.78, 5) is 35.1. The molecule has 0 aromatic heterocycles. The van der Waals surface area contributed by atoms with E-state index in [1.54, 1.807) is 6.07 Å². The molecule has 0 fully saturated rings. The molecule has 7 heteroatoms. The van der Waals surface area contributed by atoms with Crippen LogP contribution in [0.15, 0.2) is 48.5 Å². The number of benzene rings is 2. The molecule has 0 heterocycles. The van der Waals surface area contributed by atoms with Crippen molar-refractivity contribution in [1.82, 2.24) is 0 Å². The van der Waals surface area contributed by atoms with Crippen molar-refractivity contribution in [3.05, 3.63) is 64.7 Å². The number of carboxylic acid groups (broad SMARTS) is 1. The molecule has 0 saturated carbocycles. The third kappa shape index (κ3) is 5.89. The predicted octanol–water partition coefficient (Wildman–Crippen LogP) is 4.12. The van der Waals surface area contributed by atoms with Gasteiger partial charge in [-0.25, -0.2) is 4.79 Å². The van der Waals surface area contributed by atoms with Gasteiger partial charge in [-0.05, 0) is 30.2 Å². The van der Waals surface area contributed by atoms with E-state index in [2.05, 4.69) is 5.32 Å². The Hall–Kier alpha value is -2.31. The van der Waals surface area contributed by atoms with Crippen LogP contribution in [0.25, 0.3) is 0 Å². The number of halogens is 1. The Morgan fingerprint density at radius 3 is 2.46 bits per heavy atom. The summed E-state index contributed by atoms with van der Waals surface area (Å²) in [6.07, 6.45) is 0.479. The van der Waals surface area contributed by atoms with Gasteiger partial charge in [-0.3, -0.25) is 9.59 Å². The van der Waals surface area contributed by atoms with Crippen LogP contribution in [0.1, 0.15) is 22.8 Å². The van der Waals surface area contributed by atoms with E-state index < -0.39 is 11.9 Å². The highest BCUT2D eigenvalue weighted by atomic mass is 35.5. The van der Waals surface area contributed by atoms with Crippen molar-refractivity contribution in [1.29, 1.82) is 0 Å². The number of hydrogen-bond acceptors (Lipinski definition) is 4. The molecule has 0 saturated heterocycles. The number of carbonyl (C=O) groups excluding carboxylic acids is 2. The Bertz CT molecular complexity index is 810. The minimum Gasteiger partial charge on any atom is -0.478 e. The summed E-state index contributed by atoms with van der Waals surface area (Å²) in [7, 11) is 0. The summed E-state index contributed by atoms with van der Waals surface area (Å²) in [6, 6.07) is 13.8. The maximum Gasteiger partial charge on any atom is 0.337 e. The number of carboxylic acids is 1. The Kier molecular flexibility index (Phi) is 7.24. The lowest BCUT2D eigenvalue weighted by Gasteiger charge is -2.16. The molecule has 2 N–H and O–H groups in total. The number of carbonyl (C=O) groups is 3. The van der Waals surface area contributed by atoms with Crippen molar-refractivity contribution in [2.45, 2.75) is 13.3 Å². The lowest BCUT2D eigenvalue weighted by Crippen LogP contribution is -2.27. The highest BCUT2D eigenvalue weighted by molar-refractivity contribution is 8.13. The first-order valence-electron chi connectivity index (χ1n) is 7.88. The van der Waals surface area contributed by atoms with E-state index in [1.807, 2.05) is 30.3 Å². The second-order valence-electron chi connectivity index (χ2n) is 5.68. The van der Waals surface area contributed by atoms with Gasteiger partial charge in [-0.15, -0.1) is 0 Å². The second kappa shape index (κ2) is 9.40. The monoisotopic (exact) mass is 391 g/mol. The maximum atomic E-state index is 12.7. The number of anilines is 1. The van der Waals surface area contributed by atoms with E-state index in [1.165, 1.54) is 19.1 Å². The average Bonchev–Trinajstić information content (AvgIpc) is 2.60. The molecule has 1 amide bonds. The third-order valence-electron chi connectivity index (χ3n) is 3.65. The number of aromatic carboxylic acids is 1. The summed E-state index contributed by atoms with van der Waals surface area (Å²) < 4.78 is 0. The lowest BCUT2D eigenvalue weighted by molar-refractivity contribution is -0.119. The fourth-order valence-electron chi connectivity index (χ4n) is 2.36.